The number of aromatic amines is 2. The molecule has 0 radical (unpaired) electrons. The van der Waals surface area contributed by atoms with Gasteiger partial charge in [-0.1, -0.05) is 13.8 Å². The molecular formula is C25H30N8O3S. The molecule has 0 unspecified atom stereocenters. The van der Waals surface area contributed by atoms with Crippen LogP contribution in [0.1, 0.15) is 42.1 Å². The van der Waals surface area contributed by atoms with Crippen molar-refractivity contribution in [1.82, 2.24) is 34.8 Å². The zero-order valence-electron chi connectivity index (χ0n) is 21.2. The normalized spacial score (nSPS) is 15.3. The summed E-state index contributed by atoms with van der Waals surface area (Å²) in [6.45, 7) is 5.68. The van der Waals surface area contributed by atoms with Crippen molar-refractivity contribution in [2.24, 2.45) is 10.4 Å². The first-order valence-electron chi connectivity index (χ1n) is 12.1. The highest BCUT2D eigenvalue weighted by atomic mass is 32.1. The first kappa shape index (κ1) is 24.9. The van der Waals surface area contributed by atoms with E-state index >= 15 is 0 Å². The summed E-state index contributed by atoms with van der Waals surface area (Å²) in [6, 6.07) is 5.84. The van der Waals surface area contributed by atoms with Gasteiger partial charge >= 0.3 is 5.69 Å². The van der Waals surface area contributed by atoms with Gasteiger partial charge < -0.3 is 20.3 Å². The second-order valence-electron chi connectivity index (χ2n) is 10.4. The highest BCUT2D eigenvalue weighted by Gasteiger charge is 2.22. The van der Waals surface area contributed by atoms with Gasteiger partial charge in [0.05, 0.1) is 27.7 Å². The average molecular weight is 523 g/mol. The van der Waals surface area contributed by atoms with Crippen LogP contribution in [0.5, 0.6) is 5.88 Å². The van der Waals surface area contributed by atoms with Crippen molar-refractivity contribution < 1.29 is 9.90 Å². The predicted octanol–water partition coefficient (Wildman–Crippen LogP) is 1.11. The van der Waals surface area contributed by atoms with E-state index < -0.39 is 5.69 Å². The summed E-state index contributed by atoms with van der Waals surface area (Å²) in [7, 11) is 4.04. The fourth-order valence-electron chi connectivity index (χ4n) is 4.24. The fraction of sp³-hybridized carbons (Fsp3) is 0.400. The summed E-state index contributed by atoms with van der Waals surface area (Å²) in [5.41, 5.74) is 1.54. The molecule has 0 saturated heterocycles. The minimum absolute atomic E-state index is 0.0574. The molecule has 1 aliphatic rings. The third-order valence-corrected chi connectivity index (χ3v) is 7.04. The number of rotatable bonds is 8. The van der Waals surface area contributed by atoms with Gasteiger partial charge in [-0.3, -0.25) is 14.8 Å². The molecule has 194 valence electrons. The summed E-state index contributed by atoms with van der Waals surface area (Å²) in [5, 5.41) is 18.1. The molecule has 0 atom stereocenters. The Bertz CT molecular complexity index is 1640. The lowest BCUT2D eigenvalue weighted by molar-refractivity contribution is 0.0933. The quantitative estimate of drug-likeness (QED) is 0.273. The molecule has 1 amide bonds. The minimum atomic E-state index is -0.507. The van der Waals surface area contributed by atoms with Crippen LogP contribution in [0, 0.1) is 5.41 Å². The van der Waals surface area contributed by atoms with E-state index in [2.05, 4.69) is 39.1 Å². The van der Waals surface area contributed by atoms with E-state index in [4.69, 9.17) is 9.98 Å². The number of carbonyl (C=O) groups is 1. The SMILES string of the molecule is CN(C)CC(C)(C)CNC(=O)c1ccc(-c2cc(=NC3CC3)n3nc/c(=C/c4[nH]c(=O)[nH]c4O)c3n2)s1. The van der Waals surface area contributed by atoms with Crippen molar-refractivity contribution in [2.75, 3.05) is 27.2 Å². The Kier molecular flexibility index (Phi) is 6.46. The molecule has 0 spiro atoms. The van der Waals surface area contributed by atoms with Crippen molar-refractivity contribution in [3.8, 4) is 16.5 Å². The van der Waals surface area contributed by atoms with Crippen LogP contribution in [-0.2, 0) is 0 Å². The van der Waals surface area contributed by atoms with Gasteiger partial charge in [0, 0.05) is 24.4 Å². The van der Waals surface area contributed by atoms with E-state index in [1.807, 2.05) is 32.3 Å². The van der Waals surface area contributed by atoms with E-state index in [1.165, 1.54) is 11.3 Å². The molecule has 4 N–H and O–H groups in total. The maximum atomic E-state index is 12.9. The van der Waals surface area contributed by atoms with Gasteiger partial charge in [0.25, 0.3) is 5.91 Å². The lowest BCUT2D eigenvalue weighted by atomic mass is 9.93. The van der Waals surface area contributed by atoms with Crippen molar-refractivity contribution in [3.63, 3.8) is 0 Å². The van der Waals surface area contributed by atoms with Crippen LogP contribution < -0.4 is 21.7 Å². The molecule has 37 heavy (non-hydrogen) atoms. The van der Waals surface area contributed by atoms with E-state index in [1.54, 1.807) is 16.8 Å². The molecule has 4 aromatic rings. The maximum Gasteiger partial charge on any atom is 0.326 e. The molecule has 1 aliphatic carbocycles. The Labute approximate surface area is 216 Å². The monoisotopic (exact) mass is 522 g/mol. The third-order valence-electron chi connectivity index (χ3n) is 5.93. The predicted molar refractivity (Wildman–Crippen MR) is 141 cm³/mol. The topological polar surface area (TPSA) is 144 Å². The molecule has 1 fully saturated rings. The van der Waals surface area contributed by atoms with Crippen LogP contribution in [0.2, 0.25) is 0 Å². The van der Waals surface area contributed by atoms with Crippen molar-refractivity contribution in [3.05, 3.63) is 56.2 Å². The highest BCUT2D eigenvalue weighted by Crippen LogP contribution is 2.27. The molecule has 0 aliphatic heterocycles. The average Bonchev–Trinajstić information content (AvgIpc) is 3.20. The number of aromatic nitrogens is 5. The summed E-state index contributed by atoms with van der Waals surface area (Å²) in [4.78, 5) is 42.4. The number of imidazole rings is 1. The van der Waals surface area contributed by atoms with E-state index in [0.29, 0.717) is 33.5 Å². The second kappa shape index (κ2) is 9.60. The molecule has 11 nitrogen and oxygen atoms in total. The minimum Gasteiger partial charge on any atom is -0.493 e. The number of nitrogens with one attached hydrogen (secondary N) is 3. The van der Waals surface area contributed by atoms with Crippen molar-refractivity contribution in [2.45, 2.75) is 32.7 Å². The smallest absolute Gasteiger partial charge is 0.326 e. The number of amides is 1. The van der Waals surface area contributed by atoms with Gasteiger partial charge in [0.1, 0.15) is 5.69 Å². The van der Waals surface area contributed by atoms with Crippen LogP contribution in [0.4, 0.5) is 0 Å². The van der Waals surface area contributed by atoms with E-state index in [-0.39, 0.29) is 28.9 Å². The Morgan fingerprint density at radius 2 is 2.14 bits per heavy atom. The van der Waals surface area contributed by atoms with Crippen LogP contribution in [0.3, 0.4) is 0 Å². The van der Waals surface area contributed by atoms with Crippen LogP contribution in [-0.4, -0.2) is 73.7 Å². The van der Waals surface area contributed by atoms with E-state index in [9.17, 15) is 14.7 Å². The van der Waals surface area contributed by atoms with Crippen LogP contribution >= 0.6 is 11.3 Å². The standard InChI is InChI=1S/C25H30N8O3S/c1-25(2,13-32(3)4)12-26-23(35)19-8-7-18(37-19)16-10-20(28-15-5-6-15)33-21(29-16)14(11-27-33)9-17-22(34)31-24(36)30-17/h7-11,15,34H,5-6,12-13H2,1-4H3,(H,26,35)(H2,30,31,36)/b14-9-,28-20?. The van der Waals surface area contributed by atoms with Gasteiger partial charge in [-0.05, 0) is 50.6 Å². The molecule has 0 bridgehead atoms. The highest BCUT2D eigenvalue weighted by molar-refractivity contribution is 7.17. The Morgan fingerprint density at radius 3 is 2.81 bits per heavy atom. The summed E-state index contributed by atoms with van der Waals surface area (Å²) < 4.78 is 1.66. The number of thiophene rings is 1. The zero-order valence-corrected chi connectivity index (χ0v) is 22.0. The molecule has 1 saturated carbocycles. The molecular weight excluding hydrogens is 492 g/mol. The number of H-pyrrole nitrogens is 2. The summed E-state index contributed by atoms with van der Waals surface area (Å²) >= 11 is 1.37. The molecule has 4 aromatic heterocycles. The number of aromatic hydroxyl groups is 1. The first-order chi connectivity index (χ1) is 17.6. The molecule has 0 aromatic carbocycles. The van der Waals surface area contributed by atoms with Crippen molar-refractivity contribution >= 4 is 29.0 Å². The fourth-order valence-corrected chi connectivity index (χ4v) is 5.12. The Morgan fingerprint density at radius 1 is 1.35 bits per heavy atom. The van der Waals surface area contributed by atoms with E-state index in [0.717, 1.165) is 24.3 Å². The van der Waals surface area contributed by atoms with Crippen LogP contribution in [0.25, 0.3) is 22.3 Å². The Hall–Kier alpha value is -3.77. The number of carbonyl (C=O) groups excluding carboxylic acids is 1. The van der Waals surface area contributed by atoms with Gasteiger partial charge in [-0.25, -0.2) is 9.78 Å². The first-order valence-corrected chi connectivity index (χ1v) is 12.9. The largest absolute Gasteiger partial charge is 0.493 e. The number of fused-ring (bicyclic) bond motifs is 1. The maximum absolute atomic E-state index is 12.9. The zero-order chi connectivity index (χ0) is 26.3. The third kappa shape index (κ3) is 5.65. The molecule has 12 heteroatoms. The van der Waals surface area contributed by atoms with Gasteiger partial charge in [-0.2, -0.15) is 9.61 Å². The Balaban J connectivity index is 1.50. The summed E-state index contributed by atoms with van der Waals surface area (Å²) in [6.07, 6.45) is 5.29. The molecule has 4 heterocycles. The number of nitrogens with zero attached hydrogens (tertiary/aromatic N) is 5. The van der Waals surface area contributed by atoms with Gasteiger partial charge in [0.15, 0.2) is 11.1 Å². The van der Waals surface area contributed by atoms with Crippen molar-refractivity contribution in [1.29, 1.82) is 0 Å². The summed E-state index contributed by atoms with van der Waals surface area (Å²) in [5.74, 6) is -0.372. The van der Waals surface area contributed by atoms with Gasteiger partial charge in [-0.15, -0.1) is 11.3 Å². The number of hydrogen-bond donors (Lipinski definition) is 4. The van der Waals surface area contributed by atoms with Gasteiger partial charge in [0.2, 0.25) is 5.88 Å². The second-order valence-corrected chi connectivity index (χ2v) is 11.5. The van der Waals surface area contributed by atoms with Crippen LogP contribution in [0.15, 0.2) is 34.2 Å². The lowest BCUT2D eigenvalue weighted by Gasteiger charge is -2.28. The number of hydrogen-bond acceptors (Lipinski definition) is 8. The molecule has 5 rings (SSSR count). The lowest BCUT2D eigenvalue weighted by Crippen LogP contribution is -2.39.